The van der Waals surface area contributed by atoms with Crippen LogP contribution in [0.5, 0.6) is 0 Å². The molecule has 1 aromatic heterocycles. The van der Waals surface area contributed by atoms with Crippen molar-refractivity contribution in [2.75, 3.05) is 19.7 Å². The molecule has 2 heterocycles. The molecule has 1 N–H and O–H groups in total. The Morgan fingerprint density at radius 2 is 1.79 bits per heavy atom. The van der Waals surface area contributed by atoms with Gasteiger partial charge in [-0.15, -0.1) is 0 Å². The summed E-state index contributed by atoms with van der Waals surface area (Å²) in [4.78, 5) is 18.1. The first kappa shape index (κ1) is 20.3. The van der Waals surface area contributed by atoms with Gasteiger partial charge in [-0.2, -0.15) is 0 Å². The smallest absolute Gasteiger partial charge is 0.355 e. The molecule has 4 rings (SSSR count). The zero-order valence-corrected chi connectivity index (χ0v) is 17.9. The molecule has 1 saturated heterocycles. The summed E-state index contributed by atoms with van der Waals surface area (Å²) in [5, 5.41) is 2.57. The first-order valence-corrected chi connectivity index (χ1v) is 10.8. The van der Waals surface area contributed by atoms with Gasteiger partial charge in [0.05, 0.1) is 6.61 Å². The Morgan fingerprint density at radius 1 is 1.10 bits per heavy atom. The van der Waals surface area contributed by atoms with E-state index in [1.807, 2.05) is 43.3 Å². The minimum absolute atomic E-state index is 0.295. The predicted molar refractivity (Wildman–Crippen MR) is 118 cm³/mol. The summed E-state index contributed by atoms with van der Waals surface area (Å²) in [6.45, 7) is 4.74. The number of hydrogen-bond donors (Lipinski definition) is 1. The molecule has 0 saturated carbocycles. The summed E-state index contributed by atoms with van der Waals surface area (Å²) in [5.41, 5.74) is 3.59. The molecule has 0 amide bonds. The van der Waals surface area contributed by atoms with Crippen LogP contribution in [0.25, 0.3) is 10.9 Å². The number of nitrogens with zero attached hydrogens (tertiary/aromatic N) is 1. The molecular weight excluding hydrogens is 407 g/mol. The van der Waals surface area contributed by atoms with E-state index < -0.39 is 0 Å². The standard InChI is InChI=1S/C23H24Cl2N2O2/c1-2-29-23(28)22-17(16-6-3-4-9-20(16)26-22)14-27-12-10-15(11-13-27)21-18(24)7-5-8-19(21)25/h3-9,15,26H,2,10-14H2,1H3. The lowest BCUT2D eigenvalue weighted by molar-refractivity contribution is 0.0517. The van der Waals surface area contributed by atoms with E-state index in [9.17, 15) is 4.79 Å². The fraction of sp³-hybridized carbons (Fsp3) is 0.348. The van der Waals surface area contributed by atoms with Crippen LogP contribution in [0.1, 0.15) is 47.3 Å². The van der Waals surface area contributed by atoms with E-state index in [0.717, 1.165) is 58.0 Å². The average Bonchev–Trinajstić information content (AvgIpc) is 3.08. The lowest BCUT2D eigenvalue weighted by Crippen LogP contribution is -2.33. The quantitative estimate of drug-likeness (QED) is 0.502. The van der Waals surface area contributed by atoms with Crippen LogP contribution in [0.2, 0.25) is 10.0 Å². The maximum absolute atomic E-state index is 12.5. The van der Waals surface area contributed by atoms with Crippen molar-refractivity contribution in [1.29, 1.82) is 0 Å². The molecule has 2 aromatic carbocycles. The second kappa shape index (κ2) is 8.78. The van der Waals surface area contributed by atoms with Crippen molar-refractivity contribution in [3.63, 3.8) is 0 Å². The van der Waals surface area contributed by atoms with Crippen LogP contribution < -0.4 is 0 Å². The Labute approximate surface area is 180 Å². The van der Waals surface area contributed by atoms with Crippen molar-refractivity contribution >= 4 is 40.1 Å². The highest BCUT2D eigenvalue weighted by molar-refractivity contribution is 6.36. The number of likely N-dealkylation sites (tertiary alicyclic amines) is 1. The zero-order chi connectivity index (χ0) is 20.4. The number of aromatic nitrogens is 1. The van der Waals surface area contributed by atoms with Crippen LogP contribution in [0.15, 0.2) is 42.5 Å². The molecule has 29 heavy (non-hydrogen) atoms. The number of esters is 1. The largest absolute Gasteiger partial charge is 0.461 e. The predicted octanol–water partition coefficient (Wildman–Crippen LogP) is 6.03. The number of H-pyrrole nitrogens is 1. The van der Waals surface area contributed by atoms with Crippen molar-refractivity contribution in [2.45, 2.75) is 32.2 Å². The van der Waals surface area contributed by atoms with Gasteiger partial charge in [-0.3, -0.25) is 4.90 Å². The molecule has 1 fully saturated rings. The molecule has 0 unspecified atom stereocenters. The van der Waals surface area contributed by atoms with Crippen LogP contribution >= 0.6 is 23.2 Å². The minimum atomic E-state index is -0.295. The van der Waals surface area contributed by atoms with Gasteiger partial charge in [0.25, 0.3) is 0 Å². The molecule has 0 bridgehead atoms. The topological polar surface area (TPSA) is 45.3 Å². The summed E-state index contributed by atoms with van der Waals surface area (Å²) < 4.78 is 5.27. The molecule has 0 spiro atoms. The van der Waals surface area contributed by atoms with Gasteiger partial charge in [0.1, 0.15) is 5.69 Å². The Bertz CT molecular complexity index is 1000. The first-order valence-electron chi connectivity index (χ1n) is 10.0. The van der Waals surface area contributed by atoms with Gasteiger partial charge in [0.15, 0.2) is 0 Å². The Balaban J connectivity index is 1.53. The molecule has 6 heteroatoms. The van der Waals surface area contributed by atoms with E-state index in [4.69, 9.17) is 27.9 Å². The summed E-state index contributed by atoms with van der Waals surface area (Å²) in [6.07, 6.45) is 1.97. The third kappa shape index (κ3) is 4.16. The highest BCUT2D eigenvalue weighted by Gasteiger charge is 2.26. The summed E-state index contributed by atoms with van der Waals surface area (Å²) in [6, 6.07) is 13.7. The number of piperidine rings is 1. The van der Waals surface area contributed by atoms with Crippen LogP contribution in [0, 0.1) is 0 Å². The highest BCUT2D eigenvalue weighted by Crippen LogP contribution is 2.38. The fourth-order valence-corrected chi connectivity index (χ4v) is 4.95. The third-order valence-electron chi connectivity index (χ3n) is 5.67. The maximum Gasteiger partial charge on any atom is 0.355 e. The minimum Gasteiger partial charge on any atom is -0.461 e. The van der Waals surface area contributed by atoms with Gasteiger partial charge < -0.3 is 9.72 Å². The van der Waals surface area contributed by atoms with Crippen molar-refractivity contribution < 1.29 is 9.53 Å². The Morgan fingerprint density at radius 3 is 2.48 bits per heavy atom. The summed E-state index contributed by atoms with van der Waals surface area (Å²) >= 11 is 12.8. The number of hydrogen-bond acceptors (Lipinski definition) is 3. The van der Waals surface area contributed by atoms with E-state index in [2.05, 4.69) is 16.0 Å². The third-order valence-corrected chi connectivity index (χ3v) is 6.33. The first-order chi connectivity index (χ1) is 14.1. The molecular formula is C23H24Cl2N2O2. The van der Waals surface area contributed by atoms with Gasteiger partial charge in [-0.1, -0.05) is 47.5 Å². The molecule has 1 aliphatic rings. The lowest BCUT2D eigenvalue weighted by atomic mass is 9.89. The zero-order valence-electron chi connectivity index (χ0n) is 16.4. The van der Waals surface area contributed by atoms with Crippen molar-refractivity contribution in [1.82, 2.24) is 9.88 Å². The Hall–Kier alpha value is -2.01. The van der Waals surface area contributed by atoms with Crippen molar-refractivity contribution in [3.05, 3.63) is 69.3 Å². The van der Waals surface area contributed by atoms with Crippen LogP contribution in [-0.4, -0.2) is 35.5 Å². The lowest BCUT2D eigenvalue weighted by Gasteiger charge is -2.33. The van der Waals surface area contributed by atoms with Gasteiger partial charge in [-0.05, 0) is 62.5 Å². The molecule has 152 valence electrons. The summed E-state index contributed by atoms with van der Waals surface area (Å²) in [5.74, 6) is 0.0661. The number of aromatic amines is 1. The number of rotatable bonds is 5. The average molecular weight is 431 g/mol. The van der Waals surface area contributed by atoms with Crippen LogP contribution in [0.3, 0.4) is 0 Å². The number of para-hydroxylation sites is 1. The number of halogens is 2. The summed E-state index contributed by atoms with van der Waals surface area (Å²) in [7, 11) is 0. The SMILES string of the molecule is CCOC(=O)c1[nH]c2ccccc2c1CN1CCC(c2c(Cl)cccc2Cl)CC1. The number of benzene rings is 2. The van der Waals surface area contributed by atoms with E-state index >= 15 is 0 Å². The molecule has 0 radical (unpaired) electrons. The number of ether oxygens (including phenoxy) is 1. The number of fused-ring (bicyclic) bond motifs is 1. The normalized spacial score (nSPS) is 15.7. The Kier molecular flexibility index (Phi) is 6.14. The van der Waals surface area contributed by atoms with E-state index in [-0.39, 0.29) is 5.97 Å². The number of carbonyl (C=O) groups excluding carboxylic acids is 1. The van der Waals surface area contributed by atoms with Crippen molar-refractivity contribution in [2.24, 2.45) is 0 Å². The number of carbonyl (C=O) groups is 1. The molecule has 4 nitrogen and oxygen atoms in total. The second-order valence-electron chi connectivity index (χ2n) is 7.43. The van der Waals surface area contributed by atoms with E-state index in [0.29, 0.717) is 24.8 Å². The number of nitrogens with one attached hydrogen (secondary N) is 1. The fourth-order valence-electron chi connectivity index (χ4n) is 4.25. The van der Waals surface area contributed by atoms with Gasteiger partial charge in [-0.25, -0.2) is 4.79 Å². The van der Waals surface area contributed by atoms with Crippen molar-refractivity contribution in [3.8, 4) is 0 Å². The van der Waals surface area contributed by atoms with Gasteiger partial charge >= 0.3 is 5.97 Å². The van der Waals surface area contributed by atoms with E-state index in [1.54, 1.807) is 0 Å². The highest BCUT2D eigenvalue weighted by atomic mass is 35.5. The molecule has 1 aliphatic heterocycles. The van der Waals surface area contributed by atoms with Crippen LogP contribution in [-0.2, 0) is 11.3 Å². The van der Waals surface area contributed by atoms with Crippen LogP contribution in [0.4, 0.5) is 0 Å². The molecule has 0 aliphatic carbocycles. The monoisotopic (exact) mass is 430 g/mol. The van der Waals surface area contributed by atoms with Gasteiger partial charge in [0.2, 0.25) is 0 Å². The molecule has 0 atom stereocenters. The second-order valence-corrected chi connectivity index (χ2v) is 8.24. The van der Waals surface area contributed by atoms with E-state index in [1.165, 1.54) is 0 Å². The maximum atomic E-state index is 12.5. The molecule has 3 aromatic rings. The van der Waals surface area contributed by atoms with Gasteiger partial charge in [0, 0.05) is 33.1 Å².